The van der Waals surface area contributed by atoms with Gasteiger partial charge in [-0.3, -0.25) is 0 Å². The van der Waals surface area contributed by atoms with Crippen LogP contribution in [0.3, 0.4) is 0 Å². The van der Waals surface area contributed by atoms with Gasteiger partial charge < -0.3 is 4.74 Å². The molecule has 1 saturated heterocycles. The molecular formula is C12H16FNO3S. The predicted molar refractivity (Wildman–Crippen MR) is 65.2 cm³/mol. The lowest BCUT2D eigenvalue weighted by molar-refractivity contribution is 0.0902. The summed E-state index contributed by atoms with van der Waals surface area (Å²) in [5.74, 6) is -0.567. The van der Waals surface area contributed by atoms with Crippen molar-refractivity contribution in [2.75, 3.05) is 6.61 Å². The Morgan fingerprint density at radius 3 is 2.89 bits per heavy atom. The fourth-order valence-corrected chi connectivity index (χ4v) is 3.32. The summed E-state index contributed by atoms with van der Waals surface area (Å²) in [5.41, 5.74) is 0. The largest absolute Gasteiger partial charge is 0.377 e. The molecule has 2 atom stereocenters. The van der Waals surface area contributed by atoms with E-state index in [1.54, 1.807) is 6.92 Å². The molecule has 1 heterocycles. The Morgan fingerprint density at radius 1 is 1.50 bits per heavy atom. The van der Waals surface area contributed by atoms with Crippen LogP contribution in [-0.2, 0) is 14.8 Å². The van der Waals surface area contributed by atoms with Crippen molar-refractivity contribution in [1.82, 2.24) is 4.72 Å². The maximum Gasteiger partial charge on any atom is 0.241 e. The summed E-state index contributed by atoms with van der Waals surface area (Å²) >= 11 is 0. The second-order valence-electron chi connectivity index (χ2n) is 4.42. The molecule has 0 spiro atoms. The molecule has 2 rings (SSSR count). The molecular weight excluding hydrogens is 257 g/mol. The first kappa shape index (κ1) is 13.5. The number of nitrogens with one attached hydrogen (secondary N) is 1. The van der Waals surface area contributed by atoms with Crippen LogP contribution in [0.5, 0.6) is 0 Å². The molecule has 1 aliphatic heterocycles. The van der Waals surface area contributed by atoms with Gasteiger partial charge in [0.1, 0.15) is 5.82 Å². The molecule has 1 fully saturated rings. The van der Waals surface area contributed by atoms with Crippen LogP contribution in [0.2, 0.25) is 0 Å². The van der Waals surface area contributed by atoms with E-state index in [-0.39, 0.29) is 17.0 Å². The third-order valence-corrected chi connectivity index (χ3v) is 4.53. The number of sulfonamides is 1. The van der Waals surface area contributed by atoms with E-state index in [9.17, 15) is 12.8 Å². The lowest BCUT2D eigenvalue weighted by atomic mass is 10.1. The van der Waals surface area contributed by atoms with Crippen molar-refractivity contribution < 1.29 is 17.5 Å². The SMILES string of the molecule is CC(NS(=O)(=O)c1cccc(F)c1)C1CCCO1. The molecule has 4 nitrogen and oxygen atoms in total. The third-order valence-electron chi connectivity index (χ3n) is 2.97. The van der Waals surface area contributed by atoms with Crippen molar-refractivity contribution >= 4 is 10.0 Å². The minimum absolute atomic E-state index is 0.0626. The average Bonchev–Trinajstić information content (AvgIpc) is 2.82. The summed E-state index contributed by atoms with van der Waals surface area (Å²) in [4.78, 5) is -0.0626. The van der Waals surface area contributed by atoms with E-state index >= 15 is 0 Å². The van der Waals surface area contributed by atoms with Crippen molar-refractivity contribution in [1.29, 1.82) is 0 Å². The quantitative estimate of drug-likeness (QED) is 0.908. The highest BCUT2D eigenvalue weighted by atomic mass is 32.2. The number of ether oxygens (including phenoxy) is 1. The zero-order valence-corrected chi connectivity index (χ0v) is 10.9. The van der Waals surface area contributed by atoms with Crippen LogP contribution in [0.4, 0.5) is 4.39 Å². The molecule has 1 aromatic carbocycles. The van der Waals surface area contributed by atoms with Gasteiger partial charge in [-0.15, -0.1) is 0 Å². The standard InChI is InChI=1S/C12H16FNO3S/c1-9(12-6-3-7-17-12)14-18(15,16)11-5-2-4-10(13)8-11/h2,4-5,8-9,12,14H,3,6-7H2,1H3. The second-order valence-corrected chi connectivity index (χ2v) is 6.13. The Morgan fingerprint density at radius 2 is 2.28 bits per heavy atom. The van der Waals surface area contributed by atoms with Crippen LogP contribution in [0.1, 0.15) is 19.8 Å². The van der Waals surface area contributed by atoms with Crippen molar-refractivity contribution in [2.24, 2.45) is 0 Å². The second kappa shape index (κ2) is 5.34. The Bertz CT molecular complexity index is 512. The number of hydrogen-bond donors (Lipinski definition) is 1. The van der Waals surface area contributed by atoms with Gasteiger partial charge in [0, 0.05) is 12.6 Å². The zero-order chi connectivity index (χ0) is 13.2. The van der Waals surface area contributed by atoms with Gasteiger partial charge in [-0.2, -0.15) is 0 Å². The first-order valence-electron chi connectivity index (χ1n) is 5.88. The molecule has 6 heteroatoms. The number of benzene rings is 1. The van der Waals surface area contributed by atoms with Gasteiger partial charge in [0.05, 0.1) is 11.0 Å². The third kappa shape index (κ3) is 3.07. The van der Waals surface area contributed by atoms with Gasteiger partial charge in [-0.05, 0) is 38.0 Å². The molecule has 100 valence electrons. The Labute approximate surface area is 106 Å². The summed E-state index contributed by atoms with van der Waals surface area (Å²) in [6.07, 6.45) is 1.68. The lowest BCUT2D eigenvalue weighted by Gasteiger charge is -2.19. The van der Waals surface area contributed by atoms with Crippen molar-refractivity contribution in [3.05, 3.63) is 30.1 Å². The fraction of sp³-hybridized carbons (Fsp3) is 0.500. The minimum atomic E-state index is -3.69. The van der Waals surface area contributed by atoms with Crippen molar-refractivity contribution in [3.8, 4) is 0 Å². The smallest absolute Gasteiger partial charge is 0.241 e. The predicted octanol–water partition coefficient (Wildman–Crippen LogP) is 1.67. The summed E-state index contributed by atoms with van der Waals surface area (Å²) in [5, 5.41) is 0. The highest BCUT2D eigenvalue weighted by molar-refractivity contribution is 7.89. The topological polar surface area (TPSA) is 55.4 Å². The van der Waals surface area contributed by atoms with Gasteiger partial charge >= 0.3 is 0 Å². The van der Waals surface area contributed by atoms with Crippen molar-refractivity contribution in [3.63, 3.8) is 0 Å². The van der Waals surface area contributed by atoms with Crippen LogP contribution < -0.4 is 4.72 Å². The van der Waals surface area contributed by atoms with E-state index in [0.29, 0.717) is 6.61 Å². The molecule has 0 amide bonds. The van der Waals surface area contributed by atoms with Gasteiger partial charge in [0.15, 0.2) is 0 Å². The highest BCUT2D eigenvalue weighted by Crippen LogP contribution is 2.18. The van der Waals surface area contributed by atoms with Gasteiger partial charge in [-0.1, -0.05) is 6.07 Å². The maximum atomic E-state index is 13.0. The Balaban J connectivity index is 2.11. The normalized spacial score (nSPS) is 22.0. The van der Waals surface area contributed by atoms with E-state index in [2.05, 4.69) is 4.72 Å². The molecule has 1 N–H and O–H groups in total. The lowest BCUT2D eigenvalue weighted by Crippen LogP contribution is -2.40. The summed E-state index contributed by atoms with van der Waals surface area (Å²) in [7, 11) is -3.69. The van der Waals surface area contributed by atoms with Crippen molar-refractivity contribution in [2.45, 2.75) is 36.8 Å². The zero-order valence-electron chi connectivity index (χ0n) is 10.1. The number of halogens is 1. The summed E-state index contributed by atoms with van der Waals surface area (Å²) in [6.45, 7) is 2.42. The molecule has 0 aliphatic carbocycles. The molecule has 18 heavy (non-hydrogen) atoms. The maximum absolute atomic E-state index is 13.0. The molecule has 2 unspecified atom stereocenters. The summed E-state index contributed by atoms with van der Waals surface area (Å²) < 4.78 is 45.0. The minimum Gasteiger partial charge on any atom is -0.377 e. The molecule has 0 saturated carbocycles. The van der Waals surface area contributed by atoms with E-state index in [1.165, 1.54) is 18.2 Å². The monoisotopic (exact) mass is 273 g/mol. The number of hydrogen-bond acceptors (Lipinski definition) is 3. The van der Waals surface area contributed by atoms with Crippen LogP contribution in [-0.4, -0.2) is 27.2 Å². The van der Waals surface area contributed by atoms with E-state index in [0.717, 1.165) is 18.9 Å². The van der Waals surface area contributed by atoms with Gasteiger partial charge in [-0.25, -0.2) is 17.5 Å². The van der Waals surface area contributed by atoms with E-state index < -0.39 is 15.8 Å². The molecule has 0 bridgehead atoms. The van der Waals surface area contributed by atoms with Crippen LogP contribution in [0, 0.1) is 5.82 Å². The van der Waals surface area contributed by atoms with E-state index in [1.807, 2.05) is 0 Å². The van der Waals surface area contributed by atoms with Gasteiger partial charge in [0.25, 0.3) is 0 Å². The van der Waals surface area contributed by atoms with Crippen LogP contribution in [0.15, 0.2) is 29.2 Å². The molecule has 1 aliphatic rings. The van der Waals surface area contributed by atoms with E-state index in [4.69, 9.17) is 4.74 Å². The first-order chi connectivity index (χ1) is 8.49. The molecule has 0 radical (unpaired) electrons. The highest BCUT2D eigenvalue weighted by Gasteiger charge is 2.26. The Hall–Kier alpha value is -0.980. The van der Waals surface area contributed by atoms with Crippen LogP contribution >= 0.6 is 0 Å². The van der Waals surface area contributed by atoms with Gasteiger partial charge in [0.2, 0.25) is 10.0 Å². The Kier molecular flexibility index (Phi) is 3.99. The summed E-state index contributed by atoms with van der Waals surface area (Å²) in [6, 6.07) is 4.64. The number of rotatable bonds is 4. The molecule has 0 aromatic heterocycles. The average molecular weight is 273 g/mol. The van der Waals surface area contributed by atoms with Crippen LogP contribution in [0.25, 0.3) is 0 Å². The fourth-order valence-electron chi connectivity index (χ4n) is 2.02. The molecule has 1 aromatic rings. The first-order valence-corrected chi connectivity index (χ1v) is 7.37.